The minimum atomic E-state index is -0.409. The van der Waals surface area contributed by atoms with E-state index in [2.05, 4.69) is 5.32 Å². The number of rotatable bonds is 6. The van der Waals surface area contributed by atoms with E-state index in [-0.39, 0.29) is 11.7 Å². The molecule has 1 aromatic rings. The summed E-state index contributed by atoms with van der Waals surface area (Å²) in [6, 6.07) is 6.03. The van der Waals surface area contributed by atoms with Crippen LogP contribution in [0.4, 0.5) is 4.39 Å². The molecule has 1 unspecified atom stereocenters. The Kier molecular flexibility index (Phi) is 5.17. The van der Waals surface area contributed by atoms with Crippen LogP contribution >= 0.6 is 0 Å². The van der Waals surface area contributed by atoms with E-state index in [1.165, 1.54) is 12.1 Å². The molecule has 4 nitrogen and oxygen atoms in total. The van der Waals surface area contributed by atoms with Gasteiger partial charge in [0, 0.05) is 13.1 Å². The quantitative estimate of drug-likeness (QED) is 0.874. The fraction of sp³-hybridized carbons (Fsp3) is 0.562. The maximum absolute atomic E-state index is 13.0. The third-order valence-corrected chi connectivity index (χ3v) is 4.09. The van der Waals surface area contributed by atoms with Crippen LogP contribution in [-0.4, -0.2) is 43.1 Å². The van der Waals surface area contributed by atoms with Gasteiger partial charge in [0.25, 0.3) is 0 Å². The Hall–Kier alpha value is -1.62. The SMILES string of the molecule is CCC1(C(=O)N(C)CCOc2cccc(F)c2)CCCN1. The van der Waals surface area contributed by atoms with E-state index in [0.717, 1.165) is 25.8 Å². The van der Waals surface area contributed by atoms with Crippen molar-refractivity contribution in [3.8, 4) is 5.75 Å². The molecule has 1 amide bonds. The van der Waals surface area contributed by atoms with Gasteiger partial charge in [-0.25, -0.2) is 4.39 Å². The number of hydrogen-bond acceptors (Lipinski definition) is 3. The Morgan fingerprint density at radius 1 is 1.52 bits per heavy atom. The lowest BCUT2D eigenvalue weighted by Gasteiger charge is -2.31. The zero-order valence-electron chi connectivity index (χ0n) is 12.7. The van der Waals surface area contributed by atoms with Crippen molar-refractivity contribution in [3.63, 3.8) is 0 Å². The summed E-state index contributed by atoms with van der Waals surface area (Å²) in [5, 5.41) is 3.33. The largest absolute Gasteiger partial charge is 0.492 e. The monoisotopic (exact) mass is 294 g/mol. The maximum atomic E-state index is 13.0. The van der Waals surface area contributed by atoms with Crippen molar-refractivity contribution in [2.24, 2.45) is 0 Å². The minimum Gasteiger partial charge on any atom is -0.492 e. The average molecular weight is 294 g/mol. The van der Waals surface area contributed by atoms with Gasteiger partial charge in [-0.2, -0.15) is 0 Å². The van der Waals surface area contributed by atoms with Crippen LogP contribution in [0.2, 0.25) is 0 Å². The van der Waals surface area contributed by atoms with Gasteiger partial charge in [0.1, 0.15) is 18.2 Å². The summed E-state index contributed by atoms with van der Waals surface area (Å²) in [4.78, 5) is 14.2. The predicted octanol–water partition coefficient (Wildman–Crippen LogP) is 2.20. The van der Waals surface area contributed by atoms with Gasteiger partial charge in [0.15, 0.2) is 0 Å². The second-order valence-corrected chi connectivity index (χ2v) is 5.50. The fourth-order valence-corrected chi connectivity index (χ4v) is 2.77. The van der Waals surface area contributed by atoms with Gasteiger partial charge in [-0.15, -0.1) is 0 Å². The number of nitrogens with one attached hydrogen (secondary N) is 1. The molecule has 0 saturated carbocycles. The van der Waals surface area contributed by atoms with Crippen molar-refractivity contribution in [1.82, 2.24) is 10.2 Å². The van der Waals surface area contributed by atoms with Crippen LogP contribution in [0, 0.1) is 5.82 Å². The molecule has 0 spiro atoms. The molecule has 116 valence electrons. The molecule has 1 N–H and O–H groups in total. The number of carbonyl (C=O) groups excluding carboxylic acids is 1. The van der Waals surface area contributed by atoms with Crippen molar-refractivity contribution in [2.45, 2.75) is 31.7 Å². The summed E-state index contributed by atoms with van der Waals surface area (Å²) in [6.45, 7) is 3.77. The normalized spacial score (nSPS) is 21.3. The molecule has 0 radical (unpaired) electrons. The summed E-state index contributed by atoms with van der Waals surface area (Å²) in [6.07, 6.45) is 2.71. The number of hydrogen-bond donors (Lipinski definition) is 1. The average Bonchev–Trinajstić information content (AvgIpc) is 2.96. The van der Waals surface area contributed by atoms with Gasteiger partial charge in [-0.3, -0.25) is 4.79 Å². The van der Waals surface area contributed by atoms with Crippen molar-refractivity contribution in [1.29, 1.82) is 0 Å². The molecule has 21 heavy (non-hydrogen) atoms. The summed E-state index contributed by atoms with van der Waals surface area (Å²) >= 11 is 0. The predicted molar refractivity (Wildman–Crippen MR) is 79.8 cm³/mol. The summed E-state index contributed by atoms with van der Waals surface area (Å²) in [5.74, 6) is 0.280. The van der Waals surface area contributed by atoms with Gasteiger partial charge >= 0.3 is 0 Å². The Bertz CT molecular complexity index is 487. The first-order chi connectivity index (χ1) is 10.1. The number of carbonyl (C=O) groups is 1. The van der Waals surface area contributed by atoms with E-state index < -0.39 is 5.54 Å². The van der Waals surface area contributed by atoms with Crippen LogP contribution < -0.4 is 10.1 Å². The lowest BCUT2D eigenvalue weighted by Crippen LogP contribution is -2.54. The van der Waals surface area contributed by atoms with E-state index in [4.69, 9.17) is 4.74 Å². The van der Waals surface area contributed by atoms with Crippen LogP contribution in [0.15, 0.2) is 24.3 Å². The van der Waals surface area contributed by atoms with Crippen LogP contribution in [0.3, 0.4) is 0 Å². The molecule has 1 atom stereocenters. The summed E-state index contributed by atoms with van der Waals surface area (Å²) in [7, 11) is 1.79. The number of amides is 1. The third kappa shape index (κ3) is 3.73. The smallest absolute Gasteiger partial charge is 0.242 e. The molecule has 1 aliphatic rings. The molecular weight excluding hydrogens is 271 g/mol. The lowest BCUT2D eigenvalue weighted by molar-refractivity contribution is -0.137. The number of nitrogens with zero attached hydrogens (tertiary/aromatic N) is 1. The fourth-order valence-electron chi connectivity index (χ4n) is 2.77. The topological polar surface area (TPSA) is 41.6 Å². The zero-order valence-corrected chi connectivity index (χ0v) is 12.7. The molecule has 0 bridgehead atoms. The minimum absolute atomic E-state index is 0.116. The second-order valence-electron chi connectivity index (χ2n) is 5.50. The first kappa shape index (κ1) is 15.8. The van der Waals surface area contributed by atoms with Gasteiger partial charge < -0.3 is 15.0 Å². The van der Waals surface area contributed by atoms with Crippen molar-refractivity contribution in [2.75, 3.05) is 26.7 Å². The van der Waals surface area contributed by atoms with E-state index in [0.29, 0.717) is 18.9 Å². The zero-order chi connectivity index (χ0) is 15.3. The van der Waals surface area contributed by atoms with Crippen molar-refractivity contribution < 1.29 is 13.9 Å². The van der Waals surface area contributed by atoms with Gasteiger partial charge in [0.05, 0.1) is 12.1 Å². The van der Waals surface area contributed by atoms with E-state index in [9.17, 15) is 9.18 Å². The standard InChI is InChI=1S/C16H23FN2O2/c1-3-16(8-5-9-18-16)15(20)19(2)10-11-21-14-7-4-6-13(17)12-14/h4,6-7,12,18H,3,5,8-11H2,1-2H3. The van der Waals surface area contributed by atoms with Crippen LogP contribution in [-0.2, 0) is 4.79 Å². The Labute approximate surface area is 125 Å². The van der Waals surface area contributed by atoms with Gasteiger partial charge in [-0.1, -0.05) is 13.0 Å². The first-order valence-corrected chi connectivity index (χ1v) is 7.46. The van der Waals surface area contributed by atoms with Crippen LogP contribution in [0.25, 0.3) is 0 Å². The van der Waals surface area contributed by atoms with Crippen LogP contribution in [0.1, 0.15) is 26.2 Å². The van der Waals surface area contributed by atoms with E-state index in [1.54, 1.807) is 24.1 Å². The molecule has 1 aromatic carbocycles. The van der Waals surface area contributed by atoms with Crippen LogP contribution in [0.5, 0.6) is 5.75 Å². The van der Waals surface area contributed by atoms with E-state index >= 15 is 0 Å². The highest BCUT2D eigenvalue weighted by atomic mass is 19.1. The van der Waals surface area contributed by atoms with Gasteiger partial charge in [-0.05, 0) is 37.9 Å². The van der Waals surface area contributed by atoms with Gasteiger partial charge in [0.2, 0.25) is 5.91 Å². The van der Waals surface area contributed by atoms with Crippen molar-refractivity contribution in [3.05, 3.63) is 30.1 Å². The molecule has 5 heteroatoms. The summed E-state index contributed by atoms with van der Waals surface area (Å²) < 4.78 is 18.5. The molecule has 2 rings (SSSR count). The molecular formula is C16H23FN2O2. The Morgan fingerprint density at radius 3 is 2.95 bits per heavy atom. The highest BCUT2D eigenvalue weighted by molar-refractivity contribution is 5.86. The molecule has 0 aliphatic carbocycles. The number of benzene rings is 1. The first-order valence-electron chi connectivity index (χ1n) is 7.46. The highest BCUT2D eigenvalue weighted by Gasteiger charge is 2.40. The third-order valence-electron chi connectivity index (χ3n) is 4.09. The molecule has 1 saturated heterocycles. The Balaban J connectivity index is 1.84. The van der Waals surface area contributed by atoms with E-state index in [1.807, 2.05) is 6.92 Å². The Morgan fingerprint density at radius 2 is 2.33 bits per heavy atom. The number of halogens is 1. The highest BCUT2D eigenvalue weighted by Crippen LogP contribution is 2.25. The van der Waals surface area contributed by atoms with Crippen molar-refractivity contribution >= 4 is 5.91 Å². The number of ether oxygens (including phenoxy) is 1. The lowest BCUT2D eigenvalue weighted by atomic mass is 9.92. The molecule has 1 aliphatic heterocycles. The second kappa shape index (κ2) is 6.89. The molecule has 1 heterocycles. The molecule has 1 fully saturated rings. The summed E-state index contributed by atoms with van der Waals surface area (Å²) in [5.41, 5.74) is -0.409. The number of likely N-dealkylation sites (N-methyl/N-ethyl adjacent to an activating group) is 1. The maximum Gasteiger partial charge on any atom is 0.242 e. The molecule has 0 aromatic heterocycles.